The van der Waals surface area contributed by atoms with E-state index in [0.29, 0.717) is 5.92 Å². The van der Waals surface area contributed by atoms with Crippen molar-refractivity contribution in [2.45, 2.75) is 19.8 Å². The molecule has 0 radical (unpaired) electrons. The number of hydrogen-bond donors (Lipinski definition) is 2. The molecule has 96 valence electrons. The van der Waals surface area contributed by atoms with Crippen LogP contribution in [-0.4, -0.2) is 29.7 Å². The lowest BCUT2D eigenvalue weighted by Crippen LogP contribution is -2.30. The van der Waals surface area contributed by atoms with Gasteiger partial charge in [0.1, 0.15) is 11.6 Å². The lowest BCUT2D eigenvalue weighted by molar-refractivity contribution is 0.215. The average Bonchev–Trinajstić information content (AvgIpc) is 2.77. The third kappa shape index (κ3) is 2.48. The highest BCUT2D eigenvalue weighted by molar-refractivity contribution is 5.76. The van der Waals surface area contributed by atoms with E-state index in [1.54, 1.807) is 0 Å². The molecule has 1 aliphatic heterocycles. The number of ether oxygens (including phenoxy) is 1. The molecule has 0 spiro atoms. The lowest BCUT2D eigenvalue weighted by atomic mass is 9.99. The molecule has 0 atom stereocenters. The zero-order valence-electron chi connectivity index (χ0n) is 10.7. The Morgan fingerprint density at radius 3 is 3.00 bits per heavy atom. The average molecular weight is 245 g/mol. The number of fused-ring (bicyclic) bond motifs is 1. The molecule has 0 saturated carbocycles. The van der Waals surface area contributed by atoms with E-state index in [-0.39, 0.29) is 0 Å². The molecule has 18 heavy (non-hydrogen) atoms. The molecule has 2 N–H and O–H groups in total. The first-order chi connectivity index (χ1) is 8.81. The van der Waals surface area contributed by atoms with Gasteiger partial charge in [0.05, 0.1) is 17.6 Å². The molecular formula is C14H19N3O. The van der Waals surface area contributed by atoms with Crippen LogP contribution in [0.1, 0.15) is 18.7 Å². The first-order valence-electron chi connectivity index (χ1n) is 6.61. The van der Waals surface area contributed by atoms with E-state index in [0.717, 1.165) is 42.3 Å². The Kier molecular flexibility index (Phi) is 3.19. The Bertz CT molecular complexity index is 529. The molecule has 2 heterocycles. The van der Waals surface area contributed by atoms with Crippen molar-refractivity contribution >= 4 is 11.0 Å². The van der Waals surface area contributed by atoms with Crippen molar-refractivity contribution in [1.82, 2.24) is 15.3 Å². The van der Waals surface area contributed by atoms with Gasteiger partial charge in [0.25, 0.3) is 0 Å². The highest BCUT2D eigenvalue weighted by Crippen LogP contribution is 2.20. The van der Waals surface area contributed by atoms with E-state index >= 15 is 0 Å². The zero-order chi connectivity index (χ0) is 12.4. The summed E-state index contributed by atoms with van der Waals surface area (Å²) in [4.78, 5) is 7.62. The summed E-state index contributed by atoms with van der Waals surface area (Å²) in [5.41, 5.74) is 2.05. The van der Waals surface area contributed by atoms with Crippen molar-refractivity contribution in [2.24, 2.45) is 5.92 Å². The van der Waals surface area contributed by atoms with Crippen molar-refractivity contribution in [3.05, 3.63) is 24.0 Å². The molecule has 0 amide bonds. The van der Waals surface area contributed by atoms with Crippen molar-refractivity contribution in [1.29, 1.82) is 0 Å². The van der Waals surface area contributed by atoms with E-state index in [1.807, 2.05) is 25.1 Å². The van der Waals surface area contributed by atoms with E-state index in [1.165, 1.54) is 12.8 Å². The SMILES string of the molecule is Cc1nc2ccc(OCC3CCNCC3)cc2[nH]1. The topological polar surface area (TPSA) is 49.9 Å². The Labute approximate surface area is 107 Å². The van der Waals surface area contributed by atoms with Gasteiger partial charge in [0, 0.05) is 6.07 Å². The second-order valence-corrected chi connectivity index (χ2v) is 5.01. The second kappa shape index (κ2) is 4.98. The van der Waals surface area contributed by atoms with Gasteiger partial charge in [-0.2, -0.15) is 0 Å². The van der Waals surface area contributed by atoms with Crippen molar-refractivity contribution in [3.8, 4) is 5.75 Å². The number of nitrogens with zero attached hydrogens (tertiary/aromatic N) is 1. The van der Waals surface area contributed by atoms with Crippen LogP contribution in [0.15, 0.2) is 18.2 Å². The first-order valence-corrected chi connectivity index (χ1v) is 6.61. The minimum absolute atomic E-state index is 0.686. The van der Waals surface area contributed by atoms with Crippen molar-refractivity contribution < 1.29 is 4.74 Å². The normalized spacial score (nSPS) is 17.2. The maximum absolute atomic E-state index is 5.89. The first kappa shape index (κ1) is 11.5. The molecule has 4 heteroatoms. The zero-order valence-corrected chi connectivity index (χ0v) is 10.7. The smallest absolute Gasteiger partial charge is 0.121 e. The fourth-order valence-corrected chi connectivity index (χ4v) is 2.47. The van der Waals surface area contributed by atoms with Gasteiger partial charge in [0.2, 0.25) is 0 Å². The van der Waals surface area contributed by atoms with Gasteiger partial charge in [-0.15, -0.1) is 0 Å². The van der Waals surface area contributed by atoms with Gasteiger partial charge in [-0.1, -0.05) is 0 Å². The highest BCUT2D eigenvalue weighted by atomic mass is 16.5. The van der Waals surface area contributed by atoms with Gasteiger partial charge < -0.3 is 15.0 Å². The second-order valence-electron chi connectivity index (χ2n) is 5.01. The summed E-state index contributed by atoms with van der Waals surface area (Å²) in [6.07, 6.45) is 2.43. The van der Waals surface area contributed by atoms with Gasteiger partial charge in [-0.3, -0.25) is 0 Å². The summed E-state index contributed by atoms with van der Waals surface area (Å²) < 4.78 is 5.89. The minimum atomic E-state index is 0.686. The molecule has 0 unspecified atom stereocenters. The molecule has 1 saturated heterocycles. The van der Waals surface area contributed by atoms with Crippen LogP contribution in [0, 0.1) is 12.8 Å². The van der Waals surface area contributed by atoms with Gasteiger partial charge in [-0.05, 0) is 50.9 Å². The summed E-state index contributed by atoms with van der Waals surface area (Å²) in [6, 6.07) is 6.05. The number of H-pyrrole nitrogens is 1. The third-order valence-corrected chi connectivity index (χ3v) is 3.52. The molecule has 1 aromatic heterocycles. The van der Waals surface area contributed by atoms with Crippen molar-refractivity contribution in [2.75, 3.05) is 19.7 Å². The van der Waals surface area contributed by atoms with Crippen LogP contribution in [-0.2, 0) is 0 Å². The summed E-state index contributed by atoms with van der Waals surface area (Å²) in [5.74, 6) is 2.57. The molecule has 1 aliphatic rings. The summed E-state index contributed by atoms with van der Waals surface area (Å²) in [6.45, 7) is 5.02. The number of benzene rings is 1. The molecular weight excluding hydrogens is 226 g/mol. The fourth-order valence-electron chi connectivity index (χ4n) is 2.47. The number of nitrogens with one attached hydrogen (secondary N) is 2. The van der Waals surface area contributed by atoms with E-state index in [4.69, 9.17) is 4.74 Å². The van der Waals surface area contributed by atoms with Crippen LogP contribution in [0.2, 0.25) is 0 Å². The third-order valence-electron chi connectivity index (χ3n) is 3.52. The van der Waals surface area contributed by atoms with Crippen LogP contribution in [0.3, 0.4) is 0 Å². The van der Waals surface area contributed by atoms with Crippen LogP contribution in [0.5, 0.6) is 5.75 Å². The molecule has 1 fully saturated rings. The molecule has 0 aliphatic carbocycles. The van der Waals surface area contributed by atoms with Crippen LogP contribution in [0.25, 0.3) is 11.0 Å². The van der Waals surface area contributed by atoms with Crippen molar-refractivity contribution in [3.63, 3.8) is 0 Å². The molecule has 1 aromatic carbocycles. The fraction of sp³-hybridized carbons (Fsp3) is 0.500. The Hall–Kier alpha value is -1.55. The quantitative estimate of drug-likeness (QED) is 0.872. The standard InChI is InChI=1S/C14H19N3O/c1-10-16-13-3-2-12(8-14(13)17-10)18-9-11-4-6-15-7-5-11/h2-3,8,11,15H,4-7,9H2,1H3,(H,16,17). The number of rotatable bonds is 3. The summed E-state index contributed by atoms with van der Waals surface area (Å²) >= 11 is 0. The van der Waals surface area contributed by atoms with Crippen LogP contribution < -0.4 is 10.1 Å². The minimum Gasteiger partial charge on any atom is -0.493 e. The van der Waals surface area contributed by atoms with Crippen LogP contribution in [0.4, 0.5) is 0 Å². The molecule has 4 nitrogen and oxygen atoms in total. The summed E-state index contributed by atoms with van der Waals surface area (Å²) in [5, 5.41) is 3.37. The molecule has 3 rings (SSSR count). The maximum Gasteiger partial charge on any atom is 0.121 e. The van der Waals surface area contributed by atoms with E-state index < -0.39 is 0 Å². The Balaban J connectivity index is 1.66. The predicted octanol–water partition coefficient (Wildman–Crippen LogP) is 2.25. The maximum atomic E-state index is 5.89. The van der Waals surface area contributed by atoms with Crippen LogP contribution >= 0.6 is 0 Å². The van der Waals surface area contributed by atoms with E-state index in [9.17, 15) is 0 Å². The van der Waals surface area contributed by atoms with Gasteiger partial charge in [-0.25, -0.2) is 4.98 Å². The van der Waals surface area contributed by atoms with Gasteiger partial charge in [0.15, 0.2) is 0 Å². The predicted molar refractivity (Wildman–Crippen MR) is 71.9 cm³/mol. The number of aryl methyl sites for hydroxylation is 1. The highest BCUT2D eigenvalue weighted by Gasteiger charge is 2.13. The number of imidazole rings is 1. The monoisotopic (exact) mass is 245 g/mol. The molecule has 0 bridgehead atoms. The number of piperidine rings is 1. The summed E-state index contributed by atoms with van der Waals surface area (Å²) in [7, 11) is 0. The Morgan fingerprint density at radius 1 is 1.33 bits per heavy atom. The number of aromatic nitrogens is 2. The lowest BCUT2D eigenvalue weighted by Gasteiger charge is -2.22. The van der Waals surface area contributed by atoms with Gasteiger partial charge >= 0.3 is 0 Å². The number of hydrogen-bond acceptors (Lipinski definition) is 3. The Morgan fingerprint density at radius 2 is 2.17 bits per heavy atom. The largest absolute Gasteiger partial charge is 0.493 e. The number of aromatic amines is 1. The molecule has 2 aromatic rings. The van der Waals surface area contributed by atoms with E-state index in [2.05, 4.69) is 15.3 Å².